The van der Waals surface area contributed by atoms with Crippen molar-refractivity contribution in [3.63, 3.8) is 0 Å². The summed E-state index contributed by atoms with van der Waals surface area (Å²) in [4.78, 5) is 0. The summed E-state index contributed by atoms with van der Waals surface area (Å²) in [6.07, 6.45) is 8.65. The SMILES string of the molecule is CSC1(CNc2ccc(F)cc2N)CCCCC1. The van der Waals surface area contributed by atoms with E-state index in [0.717, 1.165) is 12.2 Å². The zero-order chi connectivity index (χ0) is 13.0. The fourth-order valence-electron chi connectivity index (χ4n) is 2.60. The van der Waals surface area contributed by atoms with Gasteiger partial charge in [-0.15, -0.1) is 0 Å². The molecule has 4 heteroatoms. The summed E-state index contributed by atoms with van der Waals surface area (Å²) < 4.78 is 13.3. The number of benzene rings is 1. The summed E-state index contributed by atoms with van der Waals surface area (Å²) in [5.74, 6) is -0.282. The molecule has 1 fully saturated rings. The fraction of sp³-hybridized carbons (Fsp3) is 0.571. The second-order valence-electron chi connectivity index (χ2n) is 5.03. The molecule has 0 spiro atoms. The van der Waals surface area contributed by atoms with Crippen LogP contribution in [0.5, 0.6) is 0 Å². The third-order valence-electron chi connectivity index (χ3n) is 3.81. The van der Waals surface area contributed by atoms with Crippen molar-refractivity contribution in [2.24, 2.45) is 0 Å². The summed E-state index contributed by atoms with van der Waals surface area (Å²) in [7, 11) is 0. The Hall–Kier alpha value is -0.900. The average Bonchev–Trinajstić information content (AvgIpc) is 2.39. The molecular formula is C14H21FN2S. The maximum absolute atomic E-state index is 13.0. The van der Waals surface area contributed by atoms with Gasteiger partial charge in [0.2, 0.25) is 0 Å². The predicted molar refractivity (Wildman–Crippen MR) is 78.6 cm³/mol. The van der Waals surface area contributed by atoms with E-state index in [0.29, 0.717) is 10.4 Å². The van der Waals surface area contributed by atoms with E-state index in [1.807, 2.05) is 11.8 Å². The Balaban J connectivity index is 2.01. The van der Waals surface area contributed by atoms with Crippen molar-refractivity contribution in [3.05, 3.63) is 24.0 Å². The summed E-state index contributed by atoms with van der Waals surface area (Å²) in [5.41, 5.74) is 7.14. The average molecular weight is 268 g/mol. The van der Waals surface area contributed by atoms with E-state index in [4.69, 9.17) is 5.73 Å². The lowest BCUT2D eigenvalue weighted by Crippen LogP contribution is -2.35. The van der Waals surface area contributed by atoms with Gasteiger partial charge in [0, 0.05) is 11.3 Å². The molecule has 1 saturated carbocycles. The van der Waals surface area contributed by atoms with E-state index in [9.17, 15) is 4.39 Å². The zero-order valence-corrected chi connectivity index (χ0v) is 11.7. The molecule has 2 rings (SSSR count). The van der Waals surface area contributed by atoms with Gasteiger partial charge in [0.1, 0.15) is 5.82 Å². The molecule has 1 aliphatic rings. The lowest BCUT2D eigenvalue weighted by atomic mass is 9.88. The van der Waals surface area contributed by atoms with Crippen molar-refractivity contribution in [1.29, 1.82) is 0 Å². The summed E-state index contributed by atoms with van der Waals surface area (Å²) in [6.45, 7) is 0.907. The number of nitrogens with one attached hydrogen (secondary N) is 1. The number of nitrogens with two attached hydrogens (primary N) is 1. The molecule has 1 aromatic carbocycles. The van der Waals surface area contributed by atoms with E-state index in [-0.39, 0.29) is 5.82 Å². The van der Waals surface area contributed by atoms with Crippen LogP contribution in [-0.4, -0.2) is 17.5 Å². The molecule has 100 valence electrons. The van der Waals surface area contributed by atoms with Crippen LogP contribution in [0.1, 0.15) is 32.1 Å². The number of halogens is 1. The first-order chi connectivity index (χ1) is 8.65. The van der Waals surface area contributed by atoms with Crippen LogP contribution in [0.25, 0.3) is 0 Å². The lowest BCUT2D eigenvalue weighted by molar-refractivity contribution is 0.411. The normalized spacial score (nSPS) is 18.6. The molecule has 1 aliphatic carbocycles. The first kappa shape index (κ1) is 13.5. The van der Waals surface area contributed by atoms with Crippen molar-refractivity contribution in [2.45, 2.75) is 36.9 Å². The molecule has 0 aromatic heterocycles. The quantitative estimate of drug-likeness (QED) is 0.814. The molecular weight excluding hydrogens is 247 g/mol. The van der Waals surface area contributed by atoms with Crippen LogP contribution in [0.15, 0.2) is 18.2 Å². The maximum atomic E-state index is 13.0. The highest BCUT2D eigenvalue weighted by Gasteiger charge is 2.30. The molecule has 0 unspecified atom stereocenters. The summed E-state index contributed by atoms with van der Waals surface area (Å²) in [6, 6.07) is 4.54. The van der Waals surface area contributed by atoms with Gasteiger partial charge in [-0.05, 0) is 37.3 Å². The smallest absolute Gasteiger partial charge is 0.125 e. The van der Waals surface area contributed by atoms with Crippen molar-refractivity contribution < 1.29 is 4.39 Å². The van der Waals surface area contributed by atoms with Crippen LogP contribution < -0.4 is 11.1 Å². The largest absolute Gasteiger partial charge is 0.397 e. The van der Waals surface area contributed by atoms with Gasteiger partial charge in [-0.3, -0.25) is 0 Å². The second-order valence-corrected chi connectivity index (χ2v) is 6.31. The zero-order valence-electron chi connectivity index (χ0n) is 10.8. The standard InChI is InChI=1S/C14H21FN2S/c1-18-14(7-3-2-4-8-14)10-17-13-6-5-11(15)9-12(13)16/h5-6,9,17H,2-4,7-8,10,16H2,1H3. The molecule has 3 N–H and O–H groups in total. The first-order valence-corrected chi connectivity index (χ1v) is 7.72. The van der Waals surface area contributed by atoms with Gasteiger partial charge in [-0.1, -0.05) is 19.3 Å². The van der Waals surface area contributed by atoms with Crippen molar-refractivity contribution in [3.8, 4) is 0 Å². The van der Waals surface area contributed by atoms with Gasteiger partial charge in [0.05, 0.1) is 11.4 Å². The third-order valence-corrected chi connectivity index (χ3v) is 5.23. The predicted octanol–water partition coefficient (Wildman–Crippen LogP) is 3.89. The van der Waals surface area contributed by atoms with Crippen molar-refractivity contribution >= 4 is 23.1 Å². The molecule has 0 atom stereocenters. The highest BCUT2D eigenvalue weighted by molar-refractivity contribution is 8.00. The minimum Gasteiger partial charge on any atom is -0.397 e. The van der Waals surface area contributed by atoms with Crippen LogP contribution in [0.4, 0.5) is 15.8 Å². The molecule has 0 aliphatic heterocycles. The highest BCUT2D eigenvalue weighted by Crippen LogP contribution is 2.38. The second kappa shape index (κ2) is 5.83. The molecule has 0 heterocycles. The van der Waals surface area contributed by atoms with Gasteiger partial charge in [0.15, 0.2) is 0 Å². The Kier molecular flexibility index (Phi) is 4.38. The molecule has 18 heavy (non-hydrogen) atoms. The van der Waals surface area contributed by atoms with Crippen molar-refractivity contribution in [1.82, 2.24) is 0 Å². The highest BCUT2D eigenvalue weighted by atomic mass is 32.2. The van der Waals surface area contributed by atoms with E-state index in [1.54, 1.807) is 6.07 Å². The number of hydrogen-bond acceptors (Lipinski definition) is 3. The van der Waals surface area contributed by atoms with Crippen LogP contribution in [0.2, 0.25) is 0 Å². The Morgan fingerprint density at radius 1 is 1.33 bits per heavy atom. The monoisotopic (exact) mass is 268 g/mol. The Labute approximate surface area is 113 Å². The molecule has 2 nitrogen and oxygen atoms in total. The number of rotatable bonds is 4. The van der Waals surface area contributed by atoms with Crippen molar-refractivity contribution in [2.75, 3.05) is 23.9 Å². The van der Waals surface area contributed by atoms with Crippen LogP contribution in [0.3, 0.4) is 0 Å². The van der Waals surface area contributed by atoms with Crippen LogP contribution >= 0.6 is 11.8 Å². The Morgan fingerprint density at radius 3 is 2.67 bits per heavy atom. The van der Waals surface area contributed by atoms with Gasteiger partial charge in [-0.25, -0.2) is 4.39 Å². The number of nitrogen functional groups attached to an aromatic ring is 1. The number of thioether (sulfide) groups is 1. The minimum absolute atomic E-state index is 0.282. The van der Waals surface area contributed by atoms with Crippen LogP contribution in [-0.2, 0) is 0 Å². The Bertz CT molecular complexity index is 403. The molecule has 0 amide bonds. The topological polar surface area (TPSA) is 38.0 Å². The number of anilines is 2. The van der Waals surface area contributed by atoms with Crippen LogP contribution in [0, 0.1) is 5.82 Å². The van der Waals surface area contributed by atoms with E-state index in [1.165, 1.54) is 44.2 Å². The summed E-state index contributed by atoms with van der Waals surface area (Å²) >= 11 is 1.94. The van der Waals surface area contributed by atoms with Gasteiger partial charge in [0.25, 0.3) is 0 Å². The summed E-state index contributed by atoms with van der Waals surface area (Å²) in [5, 5.41) is 3.39. The first-order valence-electron chi connectivity index (χ1n) is 6.49. The fourth-order valence-corrected chi connectivity index (χ4v) is 3.51. The van der Waals surface area contributed by atoms with Gasteiger partial charge in [-0.2, -0.15) is 11.8 Å². The molecule has 1 aromatic rings. The van der Waals surface area contributed by atoms with E-state index in [2.05, 4.69) is 11.6 Å². The molecule has 0 radical (unpaired) electrons. The maximum Gasteiger partial charge on any atom is 0.125 e. The molecule has 0 bridgehead atoms. The van der Waals surface area contributed by atoms with Gasteiger partial charge < -0.3 is 11.1 Å². The lowest BCUT2D eigenvalue weighted by Gasteiger charge is -2.36. The van der Waals surface area contributed by atoms with E-state index >= 15 is 0 Å². The third kappa shape index (κ3) is 3.10. The van der Waals surface area contributed by atoms with Gasteiger partial charge >= 0.3 is 0 Å². The molecule has 0 saturated heterocycles. The Morgan fingerprint density at radius 2 is 2.06 bits per heavy atom. The minimum atomic E-state index is -0.282. The number of hydrogen-bond donors (Lipinski definition) is 2. The van der Waals surface area contributed by atoms with E-state index < -0.39 is 0 Å².